The second-order valence-electron chi connectivity index (χ2n) is 3.56. The Labute approximate surface area is 100 Å². The number of ether oxygens (including phenoxy) is 2. The van der Waals surface area contributed by atoms with Crippen LogP contribution in [0.4, 0.5) is 0 Å². The number of carbonyl (C=O) groups excluding carboxylic acids is 2. The number of carbonyl (C=O) groups is 2. The molecule has 0 bridgehead atoms. The first-order chi connectivity index (χ1) is 8.20. The summed E-state index contributed by atoms with van der Waals surface area (Å²) in [5.41, 5.74) is 0.930. The van der Waals surface area contributed by atoms with E-state index in [0.29, 0.717) is 28.7 Å². The summed E-state index contributed by atoms with van der Waals surface area (Å²) in [4.78, 5) is 25.0. The van der Waals surface area contributed by atoms with Crippen molar-refractivity contribution in [2.45, 2.75) is 0 Å². The van der Waals surface area contributed by atoms with Crippen LogP contribution in [0.1, 0.15) is 20.8 Å². The summed E-state index contributed by atoms with van der Waals surface area (Å²) in [5, 5.41) is -0.112. The highest BCUT2D eigenvalue weighted by atomic mass is 35.5. The first kappa shape index (κ1) is 10.2. The molecule has 0 saturated heterocycles. The van der Waals surface area contributed by atoms with Gasteiger partial charge in [0.25, 0.3) is 5.24 Å². The number of rotatable bonds is 2. The molecule has 3 rings (SSSR count). The molecular formula is C11H6ClNO4. The highest BCUT2D eigenvalue weighted by Gasteiger charge is 2.20. The third kappa shape index (κ3) is 1.39. The number of fused-ring (bicyclic) bond motifs is 2. The maximum Gasteiger partial charge on any atom is 0.269 e. The van der Waals surface area contributed by atoms with Crippen molar-refractivity contribution in [3.8, 4) is 11.5 Å². The standard InChI is InChI=1S/C11H6ClNO4/c12-11(15)10-6(3-14)5-1-8-9(17-4-16-8)2-7(5)13-10/h1-3,13H,4H2. The Morgan fingerprint density at radius 2 is 2.06 bits per heavy atom. The van der Waals surface area contributed by atoms with Crippen molar-refractivity contribution in [1.82, 2.24) is 4.98 Å². The van der Waals surface area contributed by atoms with Gasteiger partial charge in [0, 0.05) is 11.5 Å². The van der Waals surface area contributed by atoms with Crippen molar-refractivity contribution in [2.24, 2.45) is 0 Å². The second kappa shape index (κ2) is 3.49. The average molecular weight is 252 g/mol. The van der Waals surface area contributed by atoms with E-state index >= 15 is 0 Å². The average Bonchev–Trinajstić information content (AvgIpc) is 2.87. The third-order valence-corrected chi connectivity index (χ3v) is 2.84. The molecule has 0 unspecified atom stereocenters. The summed E-state index contributed by atoms with van der Waals surface area (Å²) >= 11 is 5.39. The van der Waals surface area contributed by atoms with Crippen LogP contribution in [0.3, 0.4) is 0 Å². The summed E-state index contributed by atoms with van der Waals surface area (Å²) in [6.07, 6.45) is 0.594. The third-order valence-electron chi connectivity index (χ3n) is 2.65. The predicted octanol–water partition coefficient (Wildman–Crippen LogP) is 2.09. The molecule has 2 heterocycles. The Morgan fingerprint density at radius 3 is 2.71 bits per heavy atom. The SMILES string of the molecule is O=Cc1c(C(=O)Cl)[nH]c2cc3c(cc12)OCO3. The van der Waals surface area contributed by atoms with E-state index in [0.717, 1.165) is 0 Å². The van der Waals surface area contributed by atoms with Crippen LogP contribution in [0.2, 0.25) is 0 Å². The maximum atomic E-state index is 11.2. The van der Waals surface area contributed by atoms with Crippen LogP contribution in [-0.2, 0) is 0 Å². The van der Waals surface area contributed by atoms with Gasteiger partial charge in [-0.3, -0.25) is 9.59 Å². The van der Waals surface area contributed by atoms with E-state index in [9.17, 15) is 9.59 Å². The lowest BCUT2D eigenvalue weighted by Crippen LogP contribution is -1.94. The number of aromatic nitrogens is 1. The van der Waals surface area contributed by atoms with E-state index < -0.39 is 5.24 Å². The minimum Gasteiger partial charge on any atom is -0.454 e. The van der Waals surface area contributed by atoms with Gasteiger partial charge in [0.15, 0.2) is 17.8 Å². The monoisotopic (exact) mass is 251 g/mol. The van der Waals surface area contributed by atoms with E-state index in [-0.39, 0.29) is 18.1 Å². The zero-order valence-electron chi connectivity index (χ0n) is 8.45. The minimum atomic E-state index is -0.703. The van der Waals surface area contributed by atoms with Crippen molar-refractivity contribution in [2.75, 3.05) is 6.79 Å². The molecular weight excluding hydrogens is 246 g/mol. The summed E-state index contributed by atoms with van der Waals surface area (Å²) < 4.78 is 10.4. The van der Waals surface area contributed by atoms with Gasteiger partial charge in [-0.1, -0.05) is 0 Å². The van der Waals surface area contributed by atoms with Gasteiger partial charge in [0.1, 0.15) is 5.69 Å². The maximum absolute atomic E-state index is 11.2. The van der Waals surface area contributed by atoms with Crippen LogP contribution in [0, 0.1) is 0 Å². The molecule has 0 saturated carbocycles. The fourth-order valence-corrected chi connectivity index (χ4v) is 2.03. The Hall–Kier alpha value is -2.01. The van der Waals surface area contributed by atoms with E-state index in [2.05, 4.69) is 4.98 Å². The zero-order valence-corrected chi connectivity index (χ0v) is 9.21. The lowest BCUT2D eigenvalue weighted by Gasteiger charge is -1.95. The van der Waals surface area contributed by atoms with Gasteiger partial charge >= 0.3 is 0 Å². The fraction of sp³-hybridized carbons (Fsp3) is 0.0909. The molecule has 1 N–H and O–H groups in total. The highest BCUT2D eigenvalue weighted by molar-refractivity contribution is 6.68. The summed E-state index contributed by atoms with van der Waals surface area (Å²) in [6, 6.07) is 3.33. The lowest BCUT2D eigenvalue weighted by atomic mass is 10.1. The zero-order chi connectivity index (χ0) is 12.0. The predicted molar refractivity (Wildman–Crippen MR) is 60.0 cm³/mol. The highest BCUT2D eigenvalue weighted by Crippen LogP contribution is 2.37. The van der Waals surface area contributed by atoms with E-state index in [1.54, 1.807) is 12.1 Å². The van der Waals surface area contributed by atoms with Gasteiger partial charge in [-0.05, 0) is 17.7 Å². The largest absolute Gasteiger partial charge is 0.454 e. The number of benzene rings is 1. The molecule has 86 valence electrons. The normalized spacial score (nSPS) is 13.0. The quantitative estimate of drug-likeness (QED) is 0.655. The molecule has 2 aromatic rings. The first-order valence-electron chi connectivity index (χ1n) is 4.81. The summed E-state index contributed by atoms with van der Waals surface area (Å²) in [7, 11) is 0. The van der Waals surface area contributed by atoms with E-state index in [1.165, 1.54) is 0 Å². The van der Waals surface area contributed by atoms with Gasteiger partial charge < -0.3 is 14.5 Å². The van der Waals surface area contributed by atoms with Crippen LogP contribution in [-0.4, -0.2) is 23.3 Å². The second-order valence-corrected chi connectivity index (χ2v) is 3.90. The van der Waals surface area contributed by atoms with Crippen LogP contribution in [0.15, 0.2) is 12.1 Å². The molecule has 17 heavy (non-hydrogen) atoms. The molecule has 1 aliphatic rings. The Kier molecular flexibility index (Phi) is 2.09. The van der Waals surface area contributed by atoms with Crippen molar-refractivity contribution in [3.63, 3.8) is 0 Å². The van der Waals surface area contributed by atoms with Gasteiger partial charge in [0.2, 0.25) is 6.79 Å². The van der Waals surface area contributed by atoms with Crippen LogP contribution in [0.5, 0.6) is 11.5 Å². The molecule has 5 nitrogen and oxygen atoms in total. The fourth-order valence-electron chi connectivity index (χ4n) is 1.88. The molecule has 1 aromatic carbocycles. The van der Waals surface area contributed by atoms with Gasteiger partial charge in [0.05, 0.1) is 11.1 Å². The van der Waals surface area contributed by atoms with Crippen molar-refractivity contribution in [1.29, 1.82) is 0 Å². The Bertz CT molecular complexity index is 646. The molecule has 0 atom stereocenters. The number of H-pyrrole nitrogens is 1. The topological polar surface area (TPSA) is 68.4 Å². The summed E-state index contributed by atoms with van der Waals surface area (Å²) in [6.45, 7) is 0.152. The van der Waals surface area contributed by atoms with Crippen molar-refractivity contribution < 1.29 is 19.1 Å². The number of aromatic amines is 1. The van der Waals surface area contributed by atoms with Gasteiger partial charge in [-0.25, -0.2) is 0 Å². The molecule has 0 radical (unpaired) electrons. The minimum absolute atomic E-state index is 0.0836. The molecule has 0 aliphatic carbocycles. The van der Waals surface area contributed by atoms with Crippen LogP contribution < -0.4 is 9.47 Å². The number of hydrogen-bond donors (Lipinski definition) is 1. The van der Waals surface area contributed by atoms with Gasteiger partial charge in [-0.15, -0.1) is 0 Å². The molecule has 6 heteroatoms. The Balaban J connectivity index is 2.35. The van der Waals surface area contributed by atoms with Crippen LogP contribution in [0.25, 0.3) is 10.9 Å². The van der Waals surface area contributed by atoms with Gasteiger partial charge in [-0.2, -0.15) is 0 Å². The van der Waals surface area contributed by atoms with E-state index in [4.69, 9.17) is 21.1 Å². The number of nitrogens with one attached hydrogen (secondary N) is 1. The lowest BCUT2D eigenvalue weighted by molar-refractivity contribution is 0.106. The summed E-state index contributed by atoms with van der Waals surface area (Å²) in [5.74, 6) is 1.12. The molecule has 1 aromatic heterocycles. The smallest absolute Gasteiger partial charge is 0.269 e. The van der Waals surface area contributed by atoms with Crippen LogP contribution >= 0.6 is 11.6 Å². The van der Waals surface area contributed by atoms with Crippen molar-refractivity contribution >= 4 is 34.0 Å². The molecule has 0 amide bonds. The molecule has 0 spiro atoms. The number of aldehydes is 1. The van der Waals surface area contributed by atoms with Crippen molar-refractivity contribution in [3.05, 3.63) is 23.4 Å². The molecule has 1 aliphatic heterocycles. The number of halogens is 1. The Morgan fingerprint density at radius 1 is 1.35 bits per heavy atom. The number of hydrogen-bond acceptors (Lipinski definition) is 4. The first-order valence-corrected chi connectivity index (χ1v) is 5.19. The molecule has 0 fully saturated rings. The van der Waals surface area contributed by atoms with E-state index in [1.807, 2.05) is 0 Å².